The number of carbonyl (C=O) groups excluding carboxylic acids is 1. The molecule has 2 aromatic heterocycles. The van der Waals surface area contributed by atoms with Crippen LogP contribution in [0.3, 0.4) is 0 Å². The molecule has 25 heavy (non-hydrogen) atoms. The Morgan fingerprint density at radius 3 is 2.84 bits per heavy atom. The van der Waals surface area contributed by atoms with Crippen LogP contribution >= 0.6 is 0 Å². The molecule has 0 spiro atoms. The Morgan fingerprint density at radius 2 is 2.04 bits per heavy atom. The van der Waals surface area contributed by atoms with Crippen LogP contribution in [0.1, 0.15) is 33.4 Å². The molecule has 5 nitrogen and oxygen atoms in total. The van der Waals surface area contributed by atoms with E-state index in [1.54, 1.807) is 4.90 Å². The van der Waals surface area contributed by atoms with Gasteiger partial charge in [0.2, 0.25) is 0 Å². The molecule has 3 heterocycles. The number of nitrogens with zero attached hydrogens (tertiary/aromatic N) is 3. The molecular weight excluding hydrogens is 321 g/mol. The number of amides is 1. The zero-order valence-corrected chi connectivity index (χ0v) is 13.5. The highest BCUT2D eigenvalue weighted by Gasteiger charge is 2.28. The molecule has 0 atom stereocenters. The van der Waals surface area contributed by atoms with E-state index in [1.165, 1.54) is 18.3 Å². The van der Waals surface area contributed by atoms with Gasteiger partial charge in [-0.25, -0.2) is 14.4 Å². The predicted molar refractivity (Wildman–Crippen MR) is 88.4 cm³/mol. The largest absolute Gasteiger partial charge is 0.445 e. The second-order valence-electron chi connectivity index (χ2n) is 5.95. The van der Waals surface area contributed by atoms with E-state index in [1.807, 2.05) is 30.3 Å². The van der Waals surface area contributed by atoms with Gasteiger partial charge in [-0.3, -0.25) is 4.79 Å². The summed E-state index contributed by atoms with van der Waals surface area (Å²) in [5.41, 5.74) is 1.70. The van der Waals surface area contributed by atoms with Gasteiger partial charge >= 0.3 is 0 Å². The summed E-state index contributed by atoms with van der Waals surface area (Å²) in [5, 5.41) is 0. The van der Waals surface area contributed by atoms with Gasteiger partial charge in [-0.15, -0.1) is 0 Å². The van der Waals surface area contributed by atoms with Crippen molar-refractivity contribution >= 4 is 5.91 Å². The van der Waals surface area contributed by atoms with Crippen molar-refractivity contribution in [1.29, 1.82) is 0 Å². The number of hydrogen-bond acceptors (Lipinski definition) is 4. The maximum absolute atomic E-state index is 13.8. The quantitative estimate of drug-likeness (QED) is 0.737. The van der Waals surface area contributed by atoms with Gasteiger partial charge in [0.15, 0.2) is 17.4 Å². The molecule has 1 amide bonds. The van der Waals surface area contributed by atoms with Crippen LogP contribution in [0.5, 0.6) is 0 Å². The lowest BCUT2D eigenvalue weighted by molar-refractivity contribution is 0.0716. The van der Waals surface area contributed by atoms with Crippen molar-refractivity contribution < 1.29 is 13.6 Å². The molecule has 0 unspecified atom stereocenters. The van der Waals surface area contributed by atoms with Gasteiger partial charge in [0.05, 0.1) is 6.54 Å². The van der Waals surface area contributed by atoms with Crippen LogP contribution < -0.4 is 0 Å². The molecule has 0 N–H and O–H groups in total. The van der Waals surface area contributed by atoms with Gasteiger partial charge in [0.1, 0.15) is 11.5 Å². The predicted octanol–water partition coefficient (Wildman–Crippen LogP) is 3.00. The SMILES string of the molecule is O=C(c1ncccc1F)N1CCc2oc(Cc3ccccc3)nc2C1. The van der Waals surface area contributed by atoms with Crippen LogP contribution in [0, 0.1) is 5.82 Å². The van der Waals surface area contributed by atoms with E-state index in [-0.39, 0.29) is 5.69 Å². The number of aromatic nitrogens is 2. The standard InChI is InChI=1S/C19H16FN3O2/c20-14-7-4-9-21-18(14)19(24)23-10-8-16-15(12-23)22-17(25-16)11-13-5-2-1-3-6-13/h1-7,9H,8,10-12H2. The van der Waals surface area contributed by atoms with E-state index in [9.17, 15) is 9.18 Å². The Kier molecular flexibility index (Phi) is 4.01. The van der Waals surface area contributed by atoms with Crippen molar-refractivity contribution in [2.24, 2.45) is 0 Å². The van der Waals surface area contributed by atoms with Gasteiger partial charge in [0, 0.05) is 25.6 Å². The molecule has 0 saturated heterocycles. The summed E-state index contributed by atoms with van der Waals surface area (Å²) < 4.78 is 19.6. The molecule has 6 heteroatoms. The third-order valence-electron chi connectivity index (χ3n) is 4.22. The Labute approximate surface area is 144 Å². The summed E-state index contributed by atoms with van der Waals surface area (Å²) in [7, 11) is 0. The first kappa shape index (κ1) is 15.5. The molecule has 0 radical (unpaired) electrons. The number of halogens is 1. The van der Waals surface area contributed by atoms with Crippen LogP contribution in [0.15, 0.2) is 53.1 Å². The average Bonchev–Trinajstić information content (AvgIpc) is 3.03. The lowest BCUT2D eigenvalue weighted by Gasteiger charge is -2.25. The lowest BCUT2D eigenvalue weighted by Crippen LogP contribution is -2.36. The maximum Gasteiger partial charge on any atom is 0.275 e. The second-order valence-corrected chi connectivity index (χ2v) is 5.95. The third-order valence-corrected chi connectivity index (χ3v) is 4.22. The summed E-state index contributed by atoms with van der Waals surface area (Å²) in [6.45, 7) is 0.768. The molecule has 0 saturated carbocycles. The van der Waals surface area contributed by atoms with Crippen LogP contribution in [0.25, 0.3) is 0 Å². The molecule has 1 aromatic carbocycles. The molecule has 1 aliphatic heterocycles. The molecule has 126 valence electrons. The fourth-order valence-corrected chi connectivity index (χ4v) is 2.96. The third kappa shape index (κ3) is 3.15. The van der Waals surface area contributed by atoms with Crippen molar-refractivity contribution in [1.82, 2.24) is 14.9 Å². The number of benzene rings is 1. The zero-order chi connectivity index (χ0) is 17.2. The first-order chi connectivity index (χ1) is 12.2. The maximum atomic E-state index is 13.8. The Hall–Kier alpha value is -3.02. The summed E-state index contributed by atoms with van der Waals surface area (Å²) in [5.74, 6) is 0.408. The Bertz CT molecular complexity index is 908. The first-order valence-corrected chi connectivity index (χ1v) is 8.12. The summed E-state index contributed by atoms with van der Waals surface area (Å²) in [6, 6.07) is 12.6. The normalized spacial score (nSPS) is 13.6. The number of oxazole rings is 1. The van der Waals surface area contributed by atoms with E-state index in [0.717, 1.165) is 17.0 Å². The van der Waals surface area contributed by atoms with Gasteiger partial charge < -0.3 is 9.32 Å². The van der Waals surface area contributed by atoms with Crippen molar-refractivity contribution in [2.45, 2.75) is 19.4 Å². The van der Waals surface area contributed by atoms with Crippen molar-refractivity contribution in [3.8, 4) is 0 Å². The van der Waals surface area contributed by atoms with Crippen LogP contribution in [0.4, 0.5) is 4.39 Å². The van der Waals surface area contributed by atoms with E-state index in [2.05, 4.69) is 9.97 Å². The number of hydrogen-bond donors (Lipinski definition) is 0. The zero-order valence-electron chi connectivity index (χ0n) is 13.5. The van der Waals surface area contributed by atoms with Crippen LogP contribution in [-0.2, 0) is 19.4 Å². The van der Waals surface area contributed by atoms with E-state index >= 15 is 0 Å². The highest BCUT2D eigenvalue weighted by atomic mass is 19.1. The summed E-state index contributed by atoms with van der Waals surface area (Å²) >= 11 is 0. The monoisotopic (exact) mass is 337 g/mol. The van der Waals surface area contributed by atoms with E-state index in [4.69, 9.17) is 4.42 Å². The fourth-order valence-electron chi connectivity index (χ4n) is 2.96. The Morgan fingerprint density at radius 1 is 1.20 bits per heavy atom. The second kappa shape index (κ2) is 6.47. The van der Waals surface area contributed by atoms with Gasteiger partial charge in [-0.2, -0.15) is 0 Å². The molecule has 4 rings (SSSR count). The van der Waals surface area contributed by atoms with Gasteiger partial charge in [-0.05, 0) is 17.7 Å². The summed E-state index contributed by atoms with van der Waals surface area (Å²) in [6.07, 6.45) is 2.59. The Balaban J connectivity index is 1.52. The molecule has 0 fully saturated rings. The van der Waals surface area contributed by atoms with Crippen molar-refractivity contribution in [2.75, 3.05) is 6.54 Å². The van der Waals surface area contributed by atoms with Crippen LogP contribution in [0.2, 0.25) is 0 Å². The first-order valence-electron chi connectivity index (χ1n) is 8.12. The minimum Gasteiger partial charge on any atom is -0.445 e. The van der Waals surface area contributed by atoms with Gasteiger partial charge in [0.25, 0.3) is 5.91 Å². The van der Waals surface area contributed by atoms with E-state index < -0.39 is 11.7 Å². The highest BCUT2D eigenvalue weighted by Crippen LogP contribution is 2.22. The highest BCUT2D eigenvalue weighted by molar-refractivity contribution is 5.92. The topological polar surface area (TPSA) is 59.2 Å². The molecule has 0 bridgehead atoms. The number of carbonyl (C=O) groups is 1. The van der Waals surface area contributed by atoms with Gasteiger partial charge in [-0.1, -0.05) is 30.3 Å². The number of rotatable bonds is 3. The minimum atomic E-state index is -0.608. The summed E-state index contributed by atoms with van der Waals surface area (Å²) in [4.78, 5) is 22.4. The molecular formula is C19H16FN3O2. The minimum absolute atomic E-state index is 0.154. The fraction of sp³-hybridized carbons (Fsp3) is 0.211. The molecule has 3 aromatic rings. The smallest absolute Gasteiger partial charge is 0.275 e. The van der Waals surface area contributed by atoms with Crippen molar-refractivity contribution in [3.63, 3.8) is 0 Å². The van der Waals surface area contributed by atoms with Crippen LogP contribution in [-0.4, -0.2) is 27.3 Å². The number of pyridine rings is 1. The van der Waals surface area contributed by atoms with E-state index in [0.29, 0.717) is 31.8 Å². The lowest BCUT2D eigenvalue weighted by atomic mass is 10.1. The average molecular weight is 337 g/mol. The molecule has 1 aliphatic rings. The van der Waals surface area contributed by atoms with Crippen molar-refractivity contribution in [3.05, 3.63) is 83.1 Å². The number of fused-ring (bicyclic) bond motifs is 1. The molecule has 0 aliphatic carbocycles.